The first-order valence-corrected chi connectivity index (χ1v) is 6.95. The number of benzene rings is 2. The molecule has 0 aromatic heterocycles. The molecule has 0 saturated carbocycles. The SMILES string of the molecule is O=C(NC(=S)Nc1cccc(CO)c1)c1ccccc1Cl. The van der Waals surface area contributed by atoms with E-state index in [4.69, 9.17) is 28.9 Å². The van der Waals surface area contributed by atoms with Gasteiger partial charge in [0.15, 0.2) is 5.11 Å². The summed E-state index contributed by atoms with van der Waals surface area (Å²) >= 11 is 11.0. The van der Waals surface area contributed by atoms with E-state index in [1.165, 1.54) is 0 Å². The van der Waals surface area contributed by atoms with Crippen molar-refractivity contribution in [3.8, 4) is 0 Å². The highest BCUT2D eigenvalue weighted by molar-refractivity contribution is 7.80. The first kappa shape index (κ1) is 15.4. The quantitative estimate of drug-likeness (QED) is 0.761. The van der Waals surface area contributed by atoms with Gasteiger partial charge < -0.3 is 10.4 Å². The molecule has 6 heteroatoms. The number of halogens is 1. The third-order valence-electron chi connectivity index (χ3n) is 2.71. The van der Waals surface area contributed by atoms with Crippen LogP contribution in [-0.4, -0.2) is 16.1 Å². The van der Waals surface area contributed by atoms with E-state index < -0.39 is 0 Å². The van der Waals surface area contributed by atoms with Gasteiger partial charge in [0.25, 0.3) is 5.91 Å². The highest BCUT2D eigenvalue weighted by Gasteiger charge is 2.11. The molecule has 0 fully saturated rings. The highest BCUT2D eigenvalue weighted by Crippen LogP contribution is 2.15. The normalized spacial score (nSPS) is 10.0. The van der Waals surface area contributed by atoms with E-state index in [0.717, 1.165) is 5.56 Å². The molecule has 0 unspecified atom stereocenters. The molecule has 0 bridgehead atoms. The Kier molecular flexibility index (Phi) is 5.27. The number of hydrogen-bond donors (Lipinski definition) is 3. The molecule has 0 atom stereocenters. The number of rotatable bonds is 3. The third kappa shape index (κ3) is 4.26. The van der Waals surface area contributed by atoms with Gasteiger partial charge in [-0.1, -0.05) is 35.9 Å². The van der Waals surface area contributed by atoms with Gasteiger partial charge in [-0.15, -0.1) is 0 Å². The van der Waals surface area contributed by atoms with Gasteiger partial charge in [0, 0.05) is 5.69 Å². The summed E-state index contributed by atoms with van der Waals surface area (Å²) in [4.78, 5) is 12.0. The van der Waals surface area contributed by atoms with Gasteiger partial charge in [0.05, 0.1) is 17.2 Å². The lowest BCUT2D eigenvalue weighted by molar-refractivity contribution is 0.0978. The molecule has 0 aliphatic rings. The largest absolute Gasteiger partial charge is 0.392 e. The number of anilines is 1. The van der Waals surface area contributed by atoms with E-state index in [9.17, 15) is 4.79 Å². The average Bonchev–Trinajstić information content (AvgIpc) is 2.47. The molecule has 0 spiro atoms. The number of aliphatic hydroxyl groups is 1. The Morgan fingerprint density at radius 1 is 1.19 bits per heavy atom. The number of aliphatic hydroxyl groups excluding tert-OH is 1. The zero-order valence-electron chi connectivity index (χ0n) is 11.0. The summed E-state index contributed by atoms with van der Waals surface area (Å²) in [5, 5.41) is 15.0. The van der Waals surface area contributed by atoms with Crippen molar-refractivity contribution in [3.05, 3.63) is 64.7 Å². The molecule has 21 heavy (non-hydrogen) atoms. The second-order valence-corrected chi connectivity index (χ2v) is 5.06. The molecular formula is C15H13ClN2O2S. The van der Waals surface area contributed by atoms with Gasteiger partial charge in [-0.3, -0.25) is 10.1 Å². The van der Waals surface area contributed by atoms with Gasteiger partial charge >= 0.3 is 0 Å². The van der Waals surface area contributed by atoms with E-state index in [1.807, 2.05) is 0 Å². The summed E-state index contributed by atoms with van der Waals surface area (Å²) in [6.45, 7) is -0.0612. The number of nitrogens with one attached hydrogen (secondary N) is 2. The second-order valence-electron chi connectivity index (χ2n) is 4.25. The summed E-state index contributed by atoms with van der Waals surface area (Å²) < 4.78 is 0. The number of amides is 1. The molecule has 0 aliphatic heterocycles. The van der Waals surface area contributed by atoms with Gasteiger partial charge in [0.2, 0.25) is 0 Å². The zero-order chi connectivity index (χ0) is 15.2. The van der Waals surface area contributed by atoms with Crippen molar-refractivity contribution in [3.63, 3.8) is 0 Å². The monoisotopic (exact) mass is 320 g/mol. The van der Waals surface area contributed by atoms with Gasteiger partial charge in [-0.2, -0.15) is 0 Å². The van der Waals surface area contributed by atoms with Crippen LogP contribution in [0.15, 0.2) is 48.5 Å². The Morgan fingerprint density at radius 2 is 1.95 bits per heavy atom. The van der Waals surface area contributed by atoms with Gasteiger partial charge in [0.1, 0.15) is 0 Å². The van der Waals surface area contributed by atoms with Crippen LogP contribution in [0.5, 0.6) is 0 Å². The van der Waals surface area contributed by atoms with Crippen LogP contribution in [-0.2, 0) is 6.61 Å². The number of thiocarbonyl (C=S) groups is 1. The Labute approximate surface area is 132 Å². The Bertz CT molecular complexity index is 676. The van der Waals surface area contributed by atoms with Crippen LogP contribution in [0.3, 0.4) is 0 Å². The summed E-state index contributed by atoms with van der Waals surface area (Å²) in [5.41, 5.74) is 1.79. The fraction of sp³-hybridized carbons (Fsp3) is 0.0667. The smallest absolute Gasteiger partial charge is 0.258 e. The molecule has 0 saturated heterocycles. The minimum Gasteiger partial charge on any atom is -0.392 e. The van der Waals surface area contributed by atoms with Crippen molar-refractivity contribution < 1.29 is 9.90 Å². The minimum atomic E-state index is -0.378. The second kappa shape index (κ2) is 7.17. The lowest BCUT2D eigenvalue weighted by atomic mass is 10.2. The maximum Gasteiger partial charge on any atom is 0.258 e. The summed E-state index contributed by atoms with van der Waals surface area (Å²) in [5.74, 6) is -0.378. The van der Waals surface area contributed by atoms with Crippen molar-refractivity contribution in [1.29, 1.82) is 0 Å². The van der Waals surface area contributed by atoms with E-state index in [1.54, 1.807) is 48.5 Å². The maximum absolute atomic E-state index is 12.0. The first-order chi connectivity index (χ1) is 10.1. The summed E-state index contributed by atoms with van der Waals surface area (Å²) in [7, 11) is 0. The predicted octanol–water partition coefficient (Wildman–Crippen LogP) is 2.96. The predicted molar refractivity (Wildman–Crippen MR) is 87.5 cm³/mol. The molecule has 0 heterocycles. The van der Waals surface area contributed by atoms with Gasteiger partial charge in [-0.25, -0.2) is 0 Å². The van der Waals surface area contributed by atoms with E-state index in [2.05, 4.69) is 10.6 Å². The van der Waals surface area contributed by atoms with E-state index >= 15 is 0 Å². The van der Waals surface area contributed by atoms with E-state index in [-0.39, 0.29) is 17.6 Å². The lowest BCUT2D eigenvalue weighted by Crippen LogP contribution is -2.34. The molecule has 3 N–H and O–H groups in total. The first-order valence-electron chi connectivity index (χ1n) is 6.17. The molecule has 108 valence electrons. The van der Waals surface area contributed by atoms with Crippen molar-refractivity contribution >= 4 is 40.5 Å². The van der Waals surface area contributed by atoms with Crippen molar-refractivity contribution in [1.82, 2.24) is 5.32 Å². The van der Waals surface area contributed by atoms with Crippen LogP contribution in [0.25, 0.3) is 0 Å². The number of hydrogen-bond acceptors (Lipinski definition) is 3. The molecule has 1 amide bonds. The lowest BCUT2D eigenvalue weighted by Gasteiger charge is -2.11. The standard InChI is InChI=1S/C15H13ClN2O2S/c16-13-7-2-1-6-12(13)14(20)18-15(21)17-11-5-3-4-10(8-11)9-19/h1-8,19H,9H2,(H2,17,18,20,21). The zero-order valence-corrected chi connectivity index (χ0v) is 12.5. The summed E-state index contributed by atoms with van der Waals surface area (Å²) in [6, 6.07) is 13.8. The van der Waals surface area contributed by atoms with Crippen LogP contribution in [0, 0.1) is 0 Å². The minimum absolute atomic E-state index is 0.0612. The third-order valence-corrected chi connectivity index (χ3v) is 3.25. The fourth-order valence-electron chi connectivity index (χ4n) is 1.73. The number of carbonyl (C=O) groups excluding carboxylic acids is 1. The molecule has 4 nitrogen and oxygen atoms in total. The average molecular weight is 321 g/mol. The van der Waals surface area contributed by atoms with Crippen LogP contribution < -0.4 is 10.6 Å². The van der Waals surface area contributed by atoms with E-state index in [0.29, 0.717) is 16.3 Å². The molecule has 2 aromatic rings. The summed E-state index contributed by atoms with van der Waals surface area (Å²) in [6.07, 6.45) is 0. The Morgan fingerprint density at radius 3 is 2.67 bits per heavy atom. The molecule has 0 radical (unpaired) electrons. The van der Waals surface area contributed by atoms with Crippen molar-refractivity contribution in [2.75, 3.05) is 5.32 Å². The van der Waals surface area contributed by atoms with Crippen LogP contribution >= 0.6 is 23.8 Å². The van der Waals surface area contributed by atoms with Gasteiger partial charge in [-0.05, 0) is 42.0 Å². The molecule has 0 aliphatic carbocycles. The molecular weight excluding hydrogens is 308 g/mol. The Hall–Kier alpha value is -1.95. The molecule has 2 aromatic carbocycles. The maximum atomic E-state index is 12.0. The van der Waals surface area contributed by atoms with Crippen molar-refractivity contribution in [2.24, 2.45) is 0 Å². The van der Waals surface area contributed by atoms with Crippen molar-refractivity contribution in [2.45, 2.75) is 6.61 Å². The van der Waals surface area contributed by atoms with Crippen LogP contribution in [0.2, 0.25) is 5.02 Å². The highest BCUT2D eigenvalue weighted by atomic mass is 35.5. The van der Waals surface area contributed by atoms with Crippen LogP contribution in [0.4, 0.5) is 5.69 Å². The van der Waals surface area contributed by atoms with Crippen LogP contribution in [0.1, 0.15) is 15.9 Å². The Balaban J connectivity index is 2.01. The molecule has 2 rings (SSSR count). The fourth-order valence-corrected chi connectivity index (χ4v) is 2.16. The topological polar surface area (TPSA) is 61.4 Å². The number of carbonyl (C=O) groups is 1.